The highest BCUT2D eigenvalue weighted by Gasteiger charge is 2.11. The third-order valence-electron chi connectivity index (χ3n) is 1.55. The highest BCUT2D eigenvalue weighted by atomic mass is 16.2. The lowest BCUT2D eigenvalue weighted by atomic mass is 9.99. The molecule has 0 aliphatic heterocycles. The van der Waals surface area contributed by atoms with Crippen molar-refractivity contribution in [2.45, 2.75) is 12.8 Å². The molecule has 1 aliphatic carbocycles. The van der Waals surface area contributed by atoms with Crippen molar-refractivity contribution < 1.29 is 5.11 Å². The Kier molecular flexibility index (Phi) is 2.38. The molecule has 52 valence electrons. The van der Waals surface area contributed by atoms with Gasteiger partial charge in [0.05, 0.1) is 18.3 Å². The second kappa shape index (κ2) is 3.31. The maximum atomic E-state index is 8.60. The van der Waals surface area contributed by atoms with E-state index in [2.05, 4.69) is 0 Å². The van der Waals surface area contributed by atoms with E-state index >= 15 is 0 Å². The van der Waals surface area contributed by atoms with E-state index < -0.39 is 0 Å². The first-order valence-corrected chi connectivity index (χ1v) is 3.44. The van der Waals surface area contributed by atoms with Gasteiger partial charge >= 0.3 is 0 Å². The van der Waals surface area contributed by atoms with E-state index in [0.717, 1.165) is 17.6 Å². The van der Waals surface area contributed by atoms with E-state index in [-0.39, 0.29) is 6.61 Å². The van der Waals surface area contributed by atoms with Crippen LogP contribution in [0.15, 0.2) is 29.4 Å². The minimum absolute atomic E-state index is 0.181. The minimum Gasteiger partial charge on any atom is -0.395 e. The molecule has 1 nitrogen and oxygen atoms in total. The lowest BCUT2D eigenvalue weighted by Crippen LogP contribution is -1.93. The molecular weight excluding hydrogens is 124 g/mol. The summed E-state index contributed by atoms with van der Waals surface area (Å²) in [5.74, 6) is 0. The monoisotopic (exact) mass is 135 g/mol. The van der Waals surface area contributed by atoms with Crippen LogP contribution in [-0.4, -0.2) is 11.7 Å². The summed E-state index contributed by atoms with van der Waals surface area (Å²) < 4.78 is 0. The number of aliphatic hydroxyl groups excluding tert-OH is 1. The molecule has 0 atom stereocenters. The van der Waals surface area contributed by atoms with Crippen molar-refractivity contribution in [3.05, 3.63) is 36.0 Å². The van der Waals surface area contributed by atoms with Gasteiger partial charge in [-0.2, -0.15) is 0 Å². The van der Waals surface area contributed by atoms with E-state index in [1.807, 2.05) is 18.2 Å². The van der Waals surface area contributed by atoms with Crippen LogP contribution in [-0.2, 0) is 0 Å². The summed E-state index contributed by atoms with van der Waals surface area (Å²) in [4.78, 5) is 0. The van der Waals surface area contributed by atoms with Crippen LogP contribution in [0.5, 0.6) is 0 Å². The van der Waals surface area contributed by atoms with Gasteiger partial charge in [-0.3, -0.25) is 0 Å². The zero-order valence-corrected chi connectivity index (χ0v) is 5.88. The molecule has 0 aromatic carbocycles. The van der Waals surface area contributed by atoms with Crippen LogP contribution in [0.2, 0.25) is 0 Å². The van der Waals surface area contributed by atoms with Gasteiger partial charge in [0, 0.05) is 19.4 Å². The average Bonchev–Trinajstić information content (AvgIpc) is 1.94. The van der Waals surface area contributed by atoms with Gasteiger partial charge in [0.2, 0.25) is 0 Å². The standard InChI is InChI=1S/C9H11O/c1-8-4-2-3-5-9(8)6-7-10/h1-2,4-5,10H,3,6-7H2/q+1. The van der Waals surface area contributed by atoms with Crippen LogP contribution < -0.4 is 0 Å². The SMILES string of the molecule is [CH+]=C1C=CCC=C1CCO. The van der Waals surface area contributed by atoms with Gasteiger partial charge in [0.1, 0.15) is 0 Å². The maximum absolute atomic E-state index is 8.60. The van der Waals surface area contributed by atoms with E-state index in [9.17, 15) is 0 Å². The third kappa shape index (κ3) is 1.53. The van der Waals surface area contributed by atoms with Crippen LogP contribution in [0.4, 0.5) is 0 Å². The topological polar surface area (TPSA) is 20.2 Å². The highest BCUT2D eigenvalue weighted by Crippen LogP contribution is 2.18. The predicted molar refractivity (Wildman–Crippen MR) is 41.4 cm³/mol. The fourth-order valence-corrected chi connectivity index (χ4v) is 0.997. The Morgan fingerprint density at radius 3 is 3.00 bits per heavy atom. The Balaban J connectivity index is 2.57. The maximum Gasteiger partial charge on any atom is 0.182 e. The first-order chi connectivity index (χ1) is 4.84. The van der Waals surface area contributed by atoms with Crippen LogP contribution in [0, 0.1) is 6.58 Å². The number of hydrogen-bond acceptors (Lipinski definition) is 1. The minimum atomic E-state index is 0.181. The number of allylic oxidation sites excluding steroid dienone is 4. The summed E-state index contributed by atoms with van der Waals surface area (Å²) >= 11 is 0. The molecule has 0 bridgehead atoms. The fourth-order valence-electron chi connectivity index (χ4n) is 0.997. The summed E-state index contributed by atoms with van der Waals surface area (Å²) in [7, 11) is 0. The van der Waals surface area contributed by atoms with E-state index in [0.29, 0.717) is 6.42 Å². The molecule has 0 aromatic rings. The Bertz CT molecular complexity index is 187. The Morgan fingerprint density at radius 1 is 1.60 bits per heavy atom. The normalized spacial score (nSPS) is 17.2. The fraction of sp³-hybridized carbons (Fsp3) is 0.333. The average molecular weight is 135 g/mol. The first-order valence-electron chi connectivity index (χ1n) is 3.44. The smallest absolute Gasteiger partial charge is 0.182 e. The molecule has 0 spiro atoms. The number of rotatable bonds is 2. The molecule has 0 aromatic heterocycles. The largest absolute Gasteiger partial charge is 0.395 e. The van der Waals surface area contributed by atoms with Gasteiger partial charge in [-0.25, -0.2) is 0 Å². The molecule has 1 aliphatic rings. The molecule has 0 unspecified atom stereocenters. The van der Waals surface area contributed by atoms with E-state index in [4.69, 9.17) is 11.7 Å². The highest BCUT2D eigenvalue weighted by molar-refractivity contribution is 5.39. The third-order valence-corrected chi connectivity index (χ3v) is 1.55. The molecule has 0 saturated heterocycles. The van der Waals surface area contributed by atoms with Crippen LogP contribution in [0.3, 0.4) is 0 Å². The van der Waals surface area contributed by atoms with Gasteiger partial charge in [-0.15, -0.1) is 0 Å². The summed E-state index contributed by atoms with van der Waals surface area (Å²) in [5.41, 5.74) is 1.87. The molecule has 1 heteroatoms. The Labute approximate surface area is 61.4 Å². The Hall–Kier alpha value is -0.910. The van der Waals surface area contributed by atoms with Crippen molar-refractivity contribution >= 4 is 0 Å². The quantitative estimate of drug-likeness (QED) is 0.570. The van der Waals surface area contributed by atoms with Crippen molar-refractivity contribution in [2.75, 3.05) is 6.61 Å². The lowest BCUT2D eigenvalue weighted by molar-refractivity contribution is 0.300. The zero-order chi connectivity index (χ0) is 7.40. The second-order valence-electron chi connectivity index (χ2n) is 2.30. The molecule has 0 amide bonds. The van der Waals surface area contributed by atoms with Gasteiger partial charge in [0.25, 0.3) is 0 Å². The second-order valence-corrected chi connectivity index (χ2v) is 2.30. The van der Waals surface area contributed by atoms with Crippen molar-refractivity contribution in [2.24, 2.45) is 0 Å². The molecule has 10 heavy (non-hydrogen) atoms. The van der Waals surface area contributed by atoms with Crippen molar-refractivity contribution in [1.82, 2.24) is 0 Å². The molecule has 0 saturated carbocycles. The van der Waals surface area contributed by atoms with Crippen LogP contribution in [0.25, 0.3) is 0 Å². The van der Waals surface area contributed by atoms with Crippen molar-refractivity contribution in [1.29, 1.82) is 0 Å². The van der Waals surface area contributed by atoms with Crippen molar-refractivity contribution in [3.8, 4) is 0 Å². The van der Waals surface area contributed by atoms with E-state index in [1.165, 1.54) is 0 Å². The summed E-state index contributed by atoms with van der Waals surface area (Å²) in [5, 5.41) is 8.60. The zero-order valence-electron chi connectivity index (χ0n) is 5.88. The molecular formula is C9H11O+. The molecule has 0 radical (unpaired) electrons. The molecule has 1 rings (SSSR count). The predicted octanol–water partition coefficient (Wildman–Crippen LogP) is 1.61. The van der Waals surface area contributed by atoms with E-state index in [1.54, 1.807) is 0 Å². The van der Waals surface area contributed by atoms with Crippen LogP contribution >= 0.6 is 0 Å². The van der Waals surface area contributed by atoms with Crippen LogP contribution in [0.1, 0.15) is 12.8 Å². The van der Waals surface area contributed by atoms with Gasteiger partial charge in [-0.05, 0) is 12.2 Å². The summed E-state index contributed by atoms with van der Waals surface area (Å²) in [6.07, 6.45) is 7.57. The molecule has 0 heterocycles. The van der Waals surface area contributed by atoms with Gasteiger partial charge in [-0.1, -0.05) is 0 Å². The van der Waals surface area contributed by atoms with Crippen molar-refractivity contribution in [3.63, 3.8) is 0 Å². The van der Waals surface area contributed by atoms with Gasteiger partial charge in [0.15, 0.2) is 5.57 Å². The Morgan fingerprint density at radius 2 is 2.40 bits per heavy atom. The first kappa shape index (κ1) is 7.20. The number of aliphatic hydroxyl groups is 1. The number of hydrogen-bond donors (Lipinski definition) is 1. The lowest BCUT2D eigenvalue weighted by Gasteiger charge is -1.98. The molecule has 0 fully saturated rings. The molecule has 1 N–H and O–H groups in total. The summed E-state index contributed by atoms with van der Waals surface area (Å²) in [6, 6.07) is 0. The van der Waals surface area contributed by atoms with Gasteiger partial charge < -0.3 is 5.11 Å². The summed E-state index contributed by atoms with van der Waals surface area (Å²) in [6.45, 7) is 5.80.